The Bertz CT molecular complexity index is 445. The zero-order valence-corrected chi connectivity index (χ0v) is 11.8. The van der Waals surface area contributed by atoms with Crippen LogP contribution in [0.15, 0.2) is 29.3 Å². The van der Waals surface area contributed by atoms with Crippen molar-refractivity contribution in [2.45, 2.75) is 31.6 Å². The van der Waals surface area contributed by atoms with E-state index in [4.69, 9.17) is 10.5 Å². The third-order valence-corrected chi connectivity index (χ3v) is 6.90. The summed E-state index contributed by atoms with van der Waals surface area (Å²) in [5, 5.41) is 1.28. The van der Waals surface area contributed by atoms with Crippen molar-refractivity contribution in [3.63, 3.8) is 0 Å². The molecule has 0 radical (unpaired) electrons. The molecule has 0 amide bonds. The van der Waals surface area contributed by atoms with Crippen LogP contribution in [0.1, 0.15) is 6.42 Å². The smallest absolute Gasteiger partial charge is 0.282 e. The molecule has 1 aromatic rings. The second-order valence-electron chi connectivity index (χ2n) is 5.36. The second kappa shape index (κ2) is 5.10. The predicted octanol–water partition coefficient (Wildman–Crippen LogP) is 1.84. The van der Waals surface area contributed by atoms with Gasteiger partial charge >= 0.3 is 0 Å². The zero-order valence-electron chi connectivity index (χ0n) is 10.8. The van der Waals surface area contributed by atoms with E-state index >= 15 is 0 Å². The number of hydrogen-bond acceptors (Lipinski definition) is 3. The van der Waals surface area contributed by atoms with Crippen LogP contribution in [0.5, 0.6) is 0 Å². The van der Waals surface area contributed by atoms with Gasteiger partial charge in [-0.25, -0.2) is 9.38 Å². The Kier molecular flexibility index (Phi) is 3.70. The highest BCUT2D eigenvalue weighted by molar-refractivity contribution is 6.89. The molecule has 0 aliphatic carbocycles. The van der Waals surface area contributed by atoms with Crippen LogP contribution >= 0.6 is 0 Å². The van der Waals surface area contributed by atoms with Gasteiger partial charge in [0.15, 0.2) is 0 Å². The minimum atomic E-state index is -1.52. The number of ether oxygens (including phenoxy) is 1. The van der Waals surface area contributed by atoms with E-state index in [-0.39, 0.29) is 11.9 Å². The van der Waals surface area contributed by atoms with Crippen molar-refractivity contribution in [3.8, 4) is 0 Å². The van der Waals surface area contributed by atoms with Crippen LogP contribution in [-0.4, -0.2) is 26.7 Å². The number of nitrogens with zero attached hydrogens (tertiary/aromatic N) is 1. The van der Waals surface area contributed by atoms with Gasteiger partial charge in [-0.15, -0.1) is 0 Å². The molecule has 0 spiro atoms. The minimum Gasteiger partial charge on any atom is -0.463 e. The number of benzene rings is 1. The average Bonchev–Trinajstić information content (AvgIpc) is 2.73. The summed E-state index contributed by atoms with van der Waals surface area (Å²) >= 11 is 0. The van der Waals surface area contributed by atoms with Crippen LogP contribution < -0.4 is 10.9 Å². The second-order valence-corrected chi connectivity index (χ2v) is 10.2. The van der Waals surface area contributed by atoms with Crippen molar-refractivity contribution in [2.75, 3.05) is 6.61 Å². The van der Waals surface area contributed by atoms with Gasteiger partial charge in [0, 0.05) is 0 Å². The molecular weight excluding hydrogens is 247 g/mol. The Labute approximate surface area is 108 Å². The maximum atomic E-state index is 12.9. The molecule has 1 atom stereocenters. The fraction of sp³-hybridized carbons (Fsp3) is 0.462. The van der Waals surface area contributed by atoms with E-state index in [0.717, 1.165) is 12.5 Å². The Balaban J connectivity index is 1.96. The highest BCUT2D eigenvalue weighted by Gasteiger charge is 2.26. The lowest BCUT2D eigenvalue weighted by Gasteiger charge is -2.23. The minimum absolute atomic E-state index is 0.176. The van der Waals surface area contributed by atoms with Gasteiger partial charge in [-0.2, -0.15) is 0 Å². The van der Waals surface area contributed by atoms with Crippen LogP contribution in [0.3, 0.4) is 0 Å². The fourth-order valence-corrected chi connectivity index (χ4v) is 4.57. The molecule has 18 heavy (non-hydrogen) atoms. The summed E-state index contributed by atoms with van der Waals surface area (Å²) < 4.78 is 18.1. The van der Waals surface area contributed by atoms with Gasteiger partial charge in [-0.05, 0) is 18.6 Å². The highest BCUT2D eigenvalue weighted by atomic mass is 28.3. The lowest BCUT2D eigenvalue weighted by Crippen LogP contribution is -2.41. The van der Waals surface area contributed by atoms with Gasteiger partial charge < -0.3 is 10.5 Å². The van der Waals surface area contributed by atoms with E-state index in [9.17, 15) is 4.39 Å². The summed E-state index contributed by atoms with van der Waals surface area (Å²) in [6.45, 7) is 5.19. The average molecular weight is 266 g/mol. The number of halogens is 1. The van der Waals surface area contributed by atoms with Crippen molar-refractivity contribution in [2.24, 2.45) is 10.7 Å². The Morgan fingerprint density at radius 3 is 2.61 bits per heavy atom. The zero-order chi connectivity index (χ0) is 13.2. The van der Waals surface area contributed by atoms with E-state index in [0.29, 0.717) is 12.6 Å². The summed E-state index contributed by atoms with van der Waals surface area (Å²) in [6.07, 6.45) is 0.983. The number of nitrogens with two attached hydrogens (primary N) is 1. The highest BCUT2D eigenvalue weighted by Crippen LogP contribution is 2.18. The molecule has 3 nitrogen and oxygen atoms in total. The maximum Gasteiger partial charge on any atom is 0.282 e. The van der Waals surface area contributed by atoms with Gasteiger partial charge in [0.2, 0.25) is 0 Å². The van der Waals surface area contributed by atoms with Crippen LogP contribution in [0.4, 0.5) is 4.39 Å². The number of amidine groups is 1. The van der Waals surface area contributed by atoms with Crippen molar-refractivity contribution in [3.05, 3.63) is 30.1 Å². The molecule has 0 saturated heterocycles. The third kappa shape index (κ3) is 3.10. The van der Waals surface area contributed by atoms with Crippen LogP contribution in [-0.2, 0) is 4.74 Å². The first-order valence-electron chi connectivity index (χ1n) is 6.19. The maximum absolute atomic E-state index is 12.9. The Morgan fingerprint density at radius 1 is 1.39 bits per heavy atom. The molecule has 1 aliphatic rings. The SMILES string of the molecule is C[Si](C)(CCC1COC(N)=N1)c1ccc(F)cc1. The van der Waals surface area contributed by atoms with E-state index in [1.165, 1.54) is 5.19 Å². The molecule has 1 unspecified atom stereocenters. The summed E-state index contributed by atoms with van der Waals surface area (Å²) in [5.74, 6) is -0.176. The monoisotopic (exact) mass is 266 g/mol. The first-order valence-corrected chi connectivity index (χ1v) is 9.40. The summed E-state index contributed by atoms with van der Waals surface area (Å²) in [4.78, 5) is 4.23. The number of rotatable bonds is 4. The third-order valence-electron chi connectivity index (χ3n) is 3.46. The molecule has 1 heterocycles. The van der Waals surface area contributed by atoms with Gasteiger partial charge in [0.05, 0.1) is 14.1 Å². The fourth-order valence-electron chi connectivity index (χ4n) is 2.16. The van der Waals surface area contributed by atoms with Crippen molar-refractivity contribution in [1.82, 2.24) is 0 Å². The molecule has 0 fully saturated rings. The quantitative estimate of drug-likeness (QED) is 0.845. The molecule has 1 aromatic carbocycles. The van der Waals surface area contributed by atoms with E-state index in [1.807, 2.05) is 12.1 Å². The Hall–Kier alpha value is -1.36. The topological polar surface area (TPSA) is 47.6 Å². The van der Waals surface area contributed by atoms with Gasteiger partial charge in [-0.3, -0.25) is 0 Å². The Morgan fingerprint density at radius 2 is 2.06 bits per heavy atom. The van der Waals surface area contributed by atoms with Crippen LogP contribution in [0.2, 0.25) is 19.1 Å². The van der Waals surface area contributed by atoms with Gasteiger partial charge in [0.1, 0.15) is 12.4 Å². The molecular formula is C13H19FN2OSi. The standard InChI is InChI=1S/C13H19FN2OSi/c1-18(2,12-5-3-10(14)4-6-12)8-7-11-9-17-13(15)16-11/h3-6,11H,7-9H2,1-2H3,(H2,15,16). The molecule has 98 valence electrons. The molecule has 0 saturated carbocycles. The van der Waals surface area contributed by atoms with Crippen molar-refractivity contribution >= 4 is 19.3 Å². The van der Waals surface area contributed by atoms with Crippen molar-refractivity contribution < 1.29 is 9.13 Å². The van der Waals surface area contributed by atoms with E-state index in [1.54, 1.807) is 12.1 Å². The van der Waals surface area contributed by atoms with E-state index in [2.05, 4.69) is 18.1 Å². The lowest BCUT2D eigenvalue weighted by molar-refractivity contribution is 0.310. The summed E-state index contributed by atoms with van der Waals surface area (Å²) in [5.41, 5.74) is 5.49. The molecule has 2 N–H and O–H groups in total. The van der Waals surface area contributed by atoms with Crippen LogP contribution in [0, 0.1) is 5.82 Å². The number of hydrogen-bond donors (Lipinski definition) is 1. The number of aliphatic imine (C=N–C) groups is 1. The molecule has 2 rings (SSSR count). The first-order chi connectivity index (χ1) is 8.47. The lowest BCUT2D eigenvalue weighted by atomic mass is 10.3. The van der Waals surface area contributed by atoms with E-state index < -0.39 is 8.07 Å². The summed E-state index contributed by atoms with van der Waals surface area (Å²) in [6, 6.07) is 8.49. The largest absolute Gasteiger partial charge is 0.463 e. The summed E-state index contributed by atoms with van der Waals surface area (Å²) in [7, 11) is -1.52. The van der Waals surface area contributed by atoms with Gasteiger partial charge in [-0.1, -0.05) is 36.5 Å². The van der Waals surface area contributed by atoms with Gasteiger partial charge in [0.25, 0.3) is 6.02 Å². The van der Waals surface area contributed by atoms with Crippen LogP contribution in [0.25, 0.3) is 0 Å². The first kappa shape index (κ1) is 13.1. The normalized spacial score (nSPS) is 19.5. The molecule has 5 heteroatoms. The molecule has 0 aromatic heterocycles. The van der Waals surface area contributed by atoms with Crippen molar-refractivity contribution in [1.29, 1.82) is 0 Å². The molecule has 0 bridgehead atoms. The predicted molar refractivity (Wildman–Crippen MR) is 74.3 cm³/mol. The molecule has 1 aliphatic heterocycles.